The van der Waals surface area contributed by atoms with Crippen molar-refractivity contribution in [2.75, 3.05) is 19.6 Å². The molecule has 1 N–H and O–H groups in total. The number of hydrogen-bond acceptors (Lipinski definition) is 4. The third-order valence-electron chi connectivity index (χ3n) is 3.39. The van der Waals surface area contributed by atoms with Crippen molar-refractivity contribution in [3.8, 4) is 0 Å². The van der Waals surface area contributed by atoms with Crippen LogP contribution in [-0.4, -0.2) is 35.6 Å². The van der Waals surface area contributed by atoms with Gasteiger partial charge in [0.15, 0.2) is 0 Å². The van der Waals surface area contributed by atoms with Gasteiger partial charge in [-0.05, 0) is 26.8 Å². The molecule has 4 heteroatoms. The zero-order chi connectivity index (χ0) is 11.6. The van der Waals surface area contributed by atoms with Gasteiger partial charge in [0.2, 0.25) is 0 Å². The Bertz CT molecular complexity index is 323. The van der Waals surface area contributed by atoms with Gasteiger partial charge in [0.25, 0.3) is 0 Å². The Hall–Kier alpha value is -0.450. The molecule has 0 spiro atoms. The van der Waals surface area contributed by atoms with E-state index >= 15 is 0 Å². The summed E-state index contributed by atoms with van der Waals surface area (Å²) < 4.78 is 0. The van der Waals surface area contributed by atoms with E-state index in [1.54, 1.807) is 11.3 Å². The second-order valence-electron chi connectivity index (χ2n) is 4.76. The number of nitrogens with one attached hydrogen (secondary N) is 1. The molecule has 0 aliphatic carbocycles. The standard InChI is InChI=1S/C12H21N3S/c1-4-14-12(11-13-6-8-16-11)5-7-15(9-12)10(2)3/h6,8,10,14H,4-5,7,9H2,1-3H3. The summed E-state index contributed by atoms with van der Waals surface area (Å²) in [6, 6.07) is 0.625. The summed E-state index contributed by atoms with van der Waals surface area (Å²) in [6.45, 7) is 9.98. The van der Waals surface area contributed by atoms with Crippen molar-refractivity contribution in [1.29, 1.82) is 0 Å². The molecule has 1 aromatic heterocycles. The number of nitrogens with zero attached hydrogens (tertiary/aromatic N) is 2. The summed E-state index contributed by atoms with van der Waals surface area (Å²) in [5.41, 5.74) is 0.104. The van der Waals surface area contributed by atoms with Gasteiger partial charge < -0.3 is 5.32 Å². The molecule has 0 aromatic carbocycles. The Balaban J connectivity index is 2.19. The third kappa shape index (κ3) is 2.14. The second-order valence-corrected chi connectivity index (χ2v) is 5.66. The Morgan fingerprint density at radius 3 is 2.94 bits per heavy atom. The van der Waals surface area contributed by atoms with E-state index in [9.17, 15) is 0 Å². The fourth-order valence-corrected chi connectivity index (χ4v) is 3.31. The average Bonchev–Trinajstić information content (AvgIpc) is 2.86. The van der Waals surface area contributed by atoms with Gasteiger partial charge in [-0.15, -0.1) is 11.3 Å². The second kappa shape index (κ2) is 4.82. The first-order valence-corrected chi connectivity index (χ1v) is 6.95. The molecule has 2 rings (SSSR count). The number of hydrogen-bond donors (Lipinski definition) is 1. The highest BCUT2D eigenvalue weighted by atomic mass is 32.1. The van der Waals surface area contributed by atoms with Crippen LogP contribution in [0.4, 0.5) is 0 Å². The van der Waals surface area contributed by atoms with Crippen LogP contribution in [0.3, 0.4) is 0 Å². The fourth-order valence-electron chi connectivity index (χ4n) is 2.47. The van der Waals surface area contributed by atoms with E-state index in [4.69, 9.17) is 0 Å². The van der Waals surface area contributed by atoms with Crippen molar-refractivity contribution in [1.82, 2.24) is 15.2 Å². The summed E-state index contributed by atoms with van der Waals surface area (Å²) in [4.78, 5) is 7.04. The molecule has 0 amide bonds. The van der Waals surface area contributed by atoms with Gasteiger partial charge >= 0.3 is 0 Å². The average molecular weight is 239 g/mol. The number of likely N-dealkylation sites (tertiary alicyclic amines) is 1. The highest BCUT2D eigenvalue weighted by Gasteiger charge is 2.41. The molecule has 1 unspecified atom stereocenters. The summed E-state index contributed by atoms with van der Waals surface area (Å²) in [5, 5.41) is 6.98. The van der Waals surface area contributed by atoms with Gasteiger partial charge in [0.1, 0.15) is 5.01 Å². The van der Waals surface area contributed by atoms with Crippen molar-refractivity contribution in [2.24, 2.45) is 0 Å². The molecule has 1 aliphatic heterocycles. The van der Waals surface area contributed by atoms with E-state index in [0.29, 0.717) is 6.04 Å². The molecule has 0 bridgehead atoms. The molecule has 1 atom stereocenters. The van der Waals surface area contributed by atoms with Crippen LogP contribution in [0.5, 0.6) is 0 Å². The summed E-state index contributed by atoms with van der Waals surface area (Å²) in [5.74, 6) is 0. The van der Waals surface area contributed by atoms with Crippen LogP contribution >= 0.6 is 11.3 Å². The Kier molecular flexibility index (Phi) is 3.62. The van der Waals surface area contributed by atoms with Gasteiger partial charge in [-0.2, -0.15) is 0 Å². The van der Waals surface area contributed by atoms with Crippen LogP contribution in [0.1, 0.15) is 32.2 Å². The predicted molar refractivity (Wildman–Crippen MR) is 68.8 cm³/mol. The minimum Gasteiger partial charge on any atom is -0.305 e. The van der Waals surface area contributed by atoms with Crippen molar-refractivity contribution in [3.05, 3.63) is 16.6 Å². The van der Waals surface area contributed by atoms with E-state index < -0.39 is 0 Å². The van der Waals surface area contributed by atoms with Crippen LogP contribution in [0.25, 0.3) is 0 Å². The molecule has 90 valence electrons. The first kappa shape index (κ1) is 12.0. The van der Waals surface area contributed by atoms with Gasteiger partial charge in [-0.3, -0.25) is 4.90 Å². The molecule has 16 heavy (non-hydrogen) atoms. The lowest BCUT2D eigenvalue weighted by atomic mass is 9.99. The minimum absolute atomic E-state index is 0.104. The molecule has 1 saturated heterocycles. The third-order valence-corrected chi connectivity index (χ3v) is 4.36. The van der Waals surface area contributed by atoms with E-state index in [2.05, 4.69) is 41.4 Å². The maximum atomic E-state index is 4.51. The number of rotatable bonds is 4. The lowest BCUT2D eigenvalue weighted by Crippen LogP contribution is -2.45. The van der Waals surface area contributed by atoms with Crippen molar-refractivity contribution >= 4 is 11.3 Å². The zero-order valence-electron chi connectivity index (χ0n) is 10.4. The van der Waals surface area contributed by atoms with Crippen LogP contribution in [-0.2, 0) is 5.54 Å². The van der Waals surface area contributed by atoms with Gasteiger partial charge in [-0.25, -0.2) is 4.98 Å². The van der Waals surface area contributed by atoms with Crippen LogP contribution in [0.15, 0.2) is 11.6 Å². The van der Waals surface area contributed by atoms with E-state index in [-0.39, 0.29) is 5.54 Å². The van der Waals surface area contributed by atoms with E-state index in [1.165, 1.54) is 18.0 Å². The molecule has 2 heterocycles. The highest BCUT2D eigenvalue weighted by Crippen LogP contribution is 2.33. The molecule has 1 fully saturated rings. The number of likely N-dealkylation sites (N-methyl/N-ethyl adjacent to an activating group) is 1. The summed E-state index contributed by atoms with van der Waals surface area (Å²) >= 11 is 1.77. The largest absolute Gasteiger partial charge is 0.305 e. The lowest BCUT2D eigenvalue weighted by Gasteiger charge is -2.29. The Morgan fingerprint density at radius 1 is 1.62 bits per heavy atom. The molecule has 3 nitrogen and oxygen atoms in total. The first-order valence-electron chi connectivity index (χ1n) is 6.07. The molecule has 1 aliphatic rings. The molecule has 0 radical (unpaired) electrons. The highest BCUT2D eigenvalue weighted by molar-refractivity contribution is 7.09. The molecule has 1 aromatic rings. The maximum absolute atomic E-state index is 4.51. The zero-order valence-corrected chi connectivity index (χ0v) is 11.2. The van der Waals surface area contributed by atoms with Crippen molar-refractivity contribution in [3.63, 3.8) is 0 Å². The van der Waals surface area contributed by atoms with E-state index in [0.717, 1.165) is 13.1 Å². The van der Waals surface area contributed by atoms with Crippen LogP contribution in [0, 0.1) is 0 Å². The predicted octanol–water partition coefficient (Wildman–Crippen LogP) is 2.06. The van der Waals surface area contributed by atoms with Crippen LogP contribution in [0.2, 0.25) is 0 Å². The van der Waals surface area contributed by atoms with Gasteiger partial charge in [-0.1, -0.05) is 6.92 Å². The fraction of sp³-hybridized carbons (Fsp3) is 0.750. The topological polar surface area (TPSA) is 28.2 Å². The van der Waals surface area contributed by atoms with Crippen LogP contribution < -0.4 is 5.32 Å². The summed E-state index contributed by atoms with van der Waals surface area (Å²) in [6.07, 6.45) is 3.09. The number of thiazole rings is 1. The SMILES string of the molecule is CCNC1(c2nccs2)CCN(C(C)C)C1. The normalized spacial score (nSPS) is 26.8. The summed E-state index contributed by atoms with van der Waals surface area (Å²) in [7, 11) is 0. The monoisotopic (exact) mass is 239 g/mol. The Morgan fingerprint density at radius 2 is 2.44 bits per heavy atom. The van der Waals surface area contributed by atoms with Crippen molar-refractivity contribution in [2.45, 2.75) is 38.8 Å². The van der Waals surface area contributed by atoms with Gasteiger partial charge in [0.05, 0.1) is 5.54 Å². The van der Waals surface area contributed by atoms with E-state index in [1.807, 2.05) is 6.20 Å². The minimum atomic E-state index is 0.104. The van der Waals surface area contributed by atoms with Gasteiger partial charge in [0, 0.05) is 30.7 Å². The van der Waals surface area contributed by atoms with Crippen molar-refractivity contribution < 1.29 is 0 Å². The maximum Gasteiger partial charge on any atom is 0.114 e. The molecular formula is C12H21N3S. The lowest BCUT2D eigenvalue weighted by molar-refractivity contribution is 0.241. The Labute approximate surface area is 102 Å². The first-order chi connectivity index (χ1) is 7.68. The molecule has 0 saturated carbocycles. The number of aromatic nitrogens is 1. The smallest absolute Gasteiger partial charge is 0.114 e. The molecular weight excluding hydrogens is 218 g/mol. The quantitative estimate of drug-likeness (QED) is 0.872.